The van der Waals surface area contributed by atoms with E-state index in [-0.39, 0.29) is 29.7 Å². The zero-order valence-electron chi connectivity index (χ0n) is 20.0. The van der Waals surface area contributed by atoms with Gasteiger partial charge in [0.25, 0.3) is 0 Å². The third-order valence-corrected chi connectivity index (χ3v) is 5.90. The van der Waals surface area contributed by atoms with E-state index in [1.165, 1.54) is 0 Å². The molecule has 2 aromatic rings. The highest BCUT2D eigenvalue weighted by molar-refractivity contribution is 5.94. The second-order valence-corrected chi connectivity index (χ2v) is 9.69. The van der Waals surface area contributed by atoms with Crippen LogP contribution in [0.15, 0.2) is 30.3 Å². The van der Waals surface area contributed by atoms with Gasteiger partial charge in [-0.2, -0.15) is 5.10 Å². The summed E-state index contributed by atoms with van der Waals surface area (Å²) in [6.07, 6.45) is 3.62. The molecule has 32 heavy (non-hydrogen) atoms. The van der Waals surface area contributed by atoms with Gasteiger partial charge in [-0.1, -0.05) is 44.9 Å². The number of carbonyl (C=O) groups is 2. The van der Waals surface area contributed by atoms with Crippen molar-refractivity contribution >= 4 is 17.6 Å². The molecule has 1 N–H and O–H groups in total. The first-order chi connectivity index (χ1) is 15.2. The molecule has 2 amide bonds. The smallest absolute Gasteiger partial charge is 0.245 e. The van der Waals surface area contributed by atoms with Crippen LogP contribution in [0.1, 0.15) is 57.7 Å². The van der Waals surface area contributed by atoms with E-state index in [1.807, 2.05) is 37.3 Å². The number of benzene rings is 1. The van der Waals surface area contributed by atoms with Crippen molar-refractivity contribution in [1.82, 2.24) is 14.7 Å². The van der Waals surface area contributed by atoms with Gasteiger partial charge in [-0.15, -0.1) is 0 Å². The van der Waals surface area contributed by atoms with E-state index in [0.717, 1.165) is 36.2 Å². The largest absolute Gasteiger partial charge is 0.385 e. The van der Waals surface area contributed by atoms with E-state index < -0.39 is 0 Å². The number of nitrogens with one attached hydrogen (secondary N) is 1. The number of aromatic nitrogens is 2. The number of methoxy groups -OCH3 is 1. The topological polar surface area (TPSA) is 76.5 Å². The molecule has 1 fully saturated rings. The summed E-state index contributed by atoms with van der Waals surface area (Å²) in [7, 11) is 1.64. The first-order valence-corrected chi connectivity index (χ1v) is 11.4. The Balaban J connectivity index is 1.79. The van der Waals surface area contributed by atoms with E-state index in [9.17, 15) is 9.59 Å². The van der Waals surface area contributed by atoms with Gasteiger partial charge in [0, 0.05) is 37.7 Å². The minimum atomic E-state index is -0.219. The summed E-state index contributed by atoms with van der Waals surface area (Å²) in [4.78, 5) is 27.5. The van der Waals surface area contributed by atoms with Crippen molar-refractivity contribution in [3.05, 3.63) is 41.6 Å². The molecule has 7 nitrogen and oxygen atoms in total. The number of nitrogens with zero attached hydrogens (tertiary/aromatic N) is 3. The molecule has 3 rings (SSSR count). The number of carbonyl (C=O) groups excluding carboxylic acids is 2. The SMILES string of the molecule is COCCCN(CC(=O)Nc1cc(C(C)(C)C)nn1-c1ccc(C)cc1)C(=O)C1CCC1. The molecular weight excluding hydrogens is 404 g/mol. The Morgan fingerprint density at radius 2 is 1.91 bits per heavy atom. The molecule has 0 unspecified atom stereocenters. The summed E-state index contributed by atoms with van der Waals surface area (Å²) >= 11 is 0. The van der Waals surface area contributed by atoms with Crippen molar-refractivity contribution in [3.8, 4) is 5.69 Å². The van der Waals surface area contributed by atoms with Gasteiger partial charge in [0.2, 0.25) is 11.8 Å². The molecule has 7 heteroatoms. The van der Waals surface area contributed by atoms with Crippen LogP contribution in [-0.2, 0) is 19.7 Å². The molecule has 1 heterocycles. The van der Waals surface area contributed by atoms with E-state index in [0.29, 0.717) is 25.4 Å². The standard InChI is InChI=1S/C25H36N4O3/c1-18-10-12-20(13-11-18)29-22(16-21(27-29)25(2,3)4)26-23(30)17-28(14-7-15-32-5)24(31)19-8-6-9-19/h10-13,16,19H,6-9,14-15,17H2,1-5H3,(H,26,30). The summed E-state index contributed by atoms with van der Waals surface area (Å²) in [5.41, 5.74) is 2.76. The second-order valence-electron chi connectivity index (χ2n) is 9.69. The Bertz CT molecular complexity index is 924. The lowest BCUT2D eigenvalue weighted by Gasteiger charge is -2.31. The highest BCUT2D eigenvalue weighted by Gasteiger charge is 2.30. The van der Waals surface area contributed by atoms with Gasteiger partial charge in [-0.3, -0.25) is 9.59 Å². The van der Waals surface area contributed by atoms with Crippen molar-refractivity contribution < 1.29 is 14.3 Å². The normalized spacial score (nSPS) is 14.2. The fourth-order valence-electron chi connectivity index (χ4n) is 3.66. The molecule has 0 atom stereocenters. The zero-order valence-corrected chi connectivity index (χ0v) is 20.0. The molecule has 0 spiro atoms. The summed E-state index contributed by atoms with van der Waals surface area (Å²) in [5, 5.41) is 7.77. The predicted molar refractivity (Wildman–Crippen MR) is 126 cm³/mol. The first-order valence-electron chi connectivity index (χ1n) is 11.4. The first kappa shape index (κ1) is 24.0. The number of hydrogen-bond acceptors (Lipinski definition) is 4. The monoisotopic (exact) mass is 440 g/mol. The number of anilines is 1. The third kappa shape index (κ3) is 5.97. The Hall–Kier alpha value is -2.67. The lowest BCUT2D eigenvalue weighted by molar-refractivity contribution is -0.140. The summed E-state index contributed by atoms with van der Waals surface area (Å²) in [6, 6.07) is 9.94. The van der Waals surface area contributed by atoms with Crippen LogP contribution in [0, 0.1) is 12.8 Å². The summed E-state index contributed by atoms with van der Waals surface area (Å²) in [5.74, 6) is 0.515. The van der Waals surface area contributed by atoms with E-state index in [2.05, 4.69) is 26.1 Å². The van der Waals surface area contributed by atoms with Crippen LogP contribution in [0.4, 0.5) is 5.82 Å². The maximum absolute atomic E-state index is 13.0. The van der Waals surface area contributed by atoms with Gasteiger partial charge in [-0.05, 0) is 38.3 Å². The molecular formula is C25H36N4O3. The van der Waals surface area contributed by atoms with Gasteiger partial charge >= 0.3 is 0 Å². The molecule has 0 bridgehead atoms. The molecule has 1 saturated carbocycles. The second kappa shape index (κ2) is 10.3. The number of hydrogen-bond donors (Lipinski definition) is 1. The minimum absolute atomic E-state index is 0.0307. The molecule has 1 aliphatic rings. The van der Waals surface area contributed by atoms with E-state index in [4.69, 9.17) is 9.84 Å². The maximum Gasteiger partial charge on any atom is 0.245 e. The number of amides is 2. The number of rotatable bonds is 9. The van der Waals surface area contributed by atoms with Crippen LogP contribution in [0.5, 0.6) is 0 Å². The maximum atomic E-state index is 13.0. The number of ether oxygens (including phenoxy) is 1. The summed E-state index contributed by atoms with van der Waals surface area (Å²) < 4.78 is 6.90. The van der Waals surface area contributed by atoms with Crippen molar-refractivity contribution in [2.75, 3.05) is 32.1 Å². The lowest BCUT2D eigenvalue weighted by atomic mass is 9.84. The molecule has 0 radical (unpaired) electrons. The van der Waals surface area contributed by atoms with Crippen LogP contribution in [0.25, 0.3) is 5.69 Å². The molecule has 0 aliphatic heterocycles. The predicted octanol–water partition coefficient (Wildman–Crippen LogP) is 4.08. The summed E-state index contributed by atoms with van der Waals surface area (Å²) in [6.45, 7) is 9.42. The number of aryl methyl sites for hydroxylation is 1. The highest BCUT2D eigenvalue weighted by atomic mass is 16.5. The average Bonchev–Trinajstić information content (AvgIpc) is 3.10. The molecule has 0 saturated heterocycles. The van der Waals surface area contributed by atoms with Crippen molar-refractivity contribution in [3.63, 3.8) is 0 Å². The van der Waals surface area contributed by atoms with E-state index in [1.54, 1.807) is 16.7 Å². The van der Waals surface area contributed by atoms with Gasteiger partial charge < -0.3 is 15.0 Å². The van der Waals surface area contributed by atoms with Gasteiger partial charge in [-0.25, -0.2) is 4.68 Å². The molecule has 1 aromatic heterocycles. The van der Waals surface area contributed by atoms with Crippen molar-refractivity contribution in [1.29, 1.82) is 0 Å². The quantitative estimate of drug-likeness (QED) is 0.596. The van der Waals surface area contributed by atoms with Gasteiger partial charge in [0.15, 0.2) is 0 Å². The van der Waals surface area contributed by atoms with Gasteiger partial charge in [0.1, 0.15) is 5.82 Å². The van der Waals surface area contributed by atoms with Crippen LogP contribution in [0.3, 0.4) is 0 Å². The molecule has 1 aliphatic carbocycles. The third-order valence-electron chi connectivity index (χ3n) is 5.90. The zero-order chi connectivity index (χ0) is 23.3. The van der Waals surface area contributed by atoms with Crippen LogP contribution >= 0.6 is 0 Å². The van der Waals surface area contributed by atoms with Crippen LogP contribution in [0.2, 0.25) is 0 Å². The minimum Gasteiger partial charge on any atom is -0.385 e. The van der Waals surface area contributed by atoms with Gasteiger partial charge in [0.05, 0.1) is 17.9 Å². The fourth-order valence-corrected chi connectivity index (χ4v) is 3.66. The highest BCUT2D eigenvalue weighted by Crippen LogP contribution is 2.29. The van der Waals surface area contributed by atoms with Crippen LogP contribution < -0.4 is 5.32 Å². The Morgan fingerprint density at radius 3 is 2.47 bits per heavy atom. The van der Waals surface area contributed by atoms with Crippen LogP contribution in [-0.4, -0.2) is 53.3 Å². The fraction of sp³-hybridized carbons (Fsp3) is 0.560. The van der Waals surface area contributed by atoms with E-state index >= 15 is 0 Å². The Morgan fingerprint density at radius 1 is 1.22 bits per heavy atom. The lowest BCUT2D eigenvalue weighted by Crippen LogP contribution is -2.44. The Kier molecular flexibility index (Phi) is 7.72. The molecule has 174 valence electrons. The van der Waals surface area contributed by atoms with Crippen molar-refractivity contribution in [2.24, 2.45) is 5.92 Å². The Labute approximate surface area is 191 Å². The average molecular weight is 441 g/mol. The molecule has 1 aromatic carbocycles. The van der Waals surface area contributed by atoms with Crippen molar-refractivity contribution in [2.45, 2.75) is 58.8 Å².